The predicted molar refractivity (Wildman–Crippen MR) is 77.6 cm³/mol. The predicted octanol–water partition coefficient (Wildman–Crippen LogP) is 2.62. The van der Waals surface area contributed by atoms with Crippen molar-refractivity contribution in [3.63, 3.8) is 0 Å². The summed E-state index contributed by atoms with van der Waals surface area (Å²) >= 11 is 1.20. The topological polar surface area (TPSA) is 58.4 Å². The first kappa shape index (κ1) is 14.4. The van der Waals surface area contributed by atoms with Crippen molar-refractivity contribution in [1.82, 2.24) is 10.2 Å². The van der Waals surface area contributed by atoms with E-state index in [0.717, 1.165) is 31.6 Å². The molecule has 1 aromatic heterocycles. The van der Waals surface area contributed by atoms with Gasteiger partial charge in [-0.05, 0) is 51.0 Å². The van der Waals surface area contributed by atoms with Crippen molar-refractivity contribution >= 4 is 16.3 Å². The first-order valence-corrected chi connectivity index (χ1v) is 7.78. The Bertz CT molecular complexity index is 402. The van der Waals surface area contributed by atoms with Gasteiger partial charge in [-0.2, -0.15) is 0 Å². The summed E-state index contributed by atoms with van der Waals surface area (Å²) in [4.78, 5) is 12.8. The average molecular weight is 283 g/mol. The zero-order chi connectivity index (χ0) is 13.5. The molecule has 2 rings (SSSR count). The van der Waals surface area contributed by atoms with Crippen LogP contribution in [0.25, 0.3) is 0 Å². The molecule has 1 N–H and O–H groups in total. The van der Waals surface area contributed by atoms with Crippen molar-refractivity contribution in [2.45, 2.75) is 32.2 Å². The van der Waals surface area contributed by atoms with E-state index in [4.69, 9.17) is 0 Å². The lowest BCUT2D eigenvalue weighted by Gasteiger charge is -2.26. The zero-order valence-corrected chi connectivity index (χ0v) is 12.0. The molecule has 1 aliphatic heterocycles. The van der Waals surface area contributed by atoms with Gasteiger partial charge < -0.3 is 10.2 Å². The molecular weight excluding hydrogens is 262 g/mol. The van der Waals surface area contributed by atoms with E-state index in [9.17, 15) is 10.1 Å². The Morgan fingerprint density at radius 2 is 2.16 bits per heavy atom. The summed E-state index contributed by atoms with van der Waals surface area (Å²) < 4.78 is 0. The average Bonchev–Trinajstić information content (AvgIpc) is 2.89. The van der Waals surface area contributed by atoms with E-state index in [1.54, 1.807) is 6.07 Å². The molecule has 0 bridgehead atoms. The summed E-state index contributed by atoms with van der Waals surface area (Å²) in [6.45, 7) is 5.36. The third-order valence-corrected chi connectivity index (χ3v) is 4.35. The molecule has 6 heteroatoms. The van der Waals surface area contributed by atoms with Crippen molar-refractivity contribution in [2.75, 3.05) is 26.2 Å². The Labute approximate surface area is 117 Å². The summed E-state index contributed by atoms with van der Waals surface area (Å²) in [6, 6.07) is 1.66. The van der Waals surface area contributed by atoms with Crippen LogP contribution in [-0.2, 0) is 6.54 Å². The second-order valence-electron chi connectivity index (χ2n) is 4.98. The highest BCUT2D eigenvalue weighted by atomic mass is 32.1. The lowest BCUT2D eigenvalue weighted by molar-refractivity contribution is -0.380. The summed E-state index contributed by atoms with van der Waals surface area (Å²) in [5, 5.41) is 16.0. The van der Waals surface area contributed by atoms with Gasteiger partial charge in [0.1, 0.15) is 0 Å². The van der Waals surface area contributed by atoms with Crippen LogP contribution < -0.4 is 5.32 Å². The number of hydrogen-bond acceptors (Lipinski definition) is 5. The minimum Gasteiger partial charge on any atom is -0.313 e. The van der Waals surface area contributed by atoms with E-state index in [2.05, 4.69) is 10.2 Å². The SMILES string of the molecule is O=[N+]([O-])c1cc(CNCCCN2CCCCC2)cs1. The Balaban J connectivity index is 1.57. The summed E-state index contributed by atoms with van der Waals surface area (Å²) in [7, 11) is 0. The molecule has 0 amide bonds. The van der Waals surface area contributed by atoms with E-state index in [-0.39, 0.29) is 9.92 Å². The summed E-state index contributed by atoms with van der Waals surface area (Å²) in [6.07, 6.45) is 5.20. The third kappa shape index (κ3) is 4.89. The zero-order valence-electron chi connectivity index (χ0n) is 11.1. The van der Waals surface area contributed by atoms with Crippen LogP contribution in [0.5, 0.6) is 0 Å². The number of likely N-dealkylation sites (tertiary alicyclic amines) is 1. The van der Waals surface area contributed by atoms with Gasteiger partial charge in [-0.1, -0.05) is 17.8 Å². The molecule has 106 valence electrons. The fourth-order valence-corrected chi connectivity index (χ4v) is 3.12. The minimum absolute atomic E-state index is 0.227. The monoisotopic (exact) mass is 283 g/mol. The Hall–Kier alpha value is -0.980. The number of nitrogens with zero attached hydrogens (tertiary/aromatic N) is 2. The van der Waals surface area contributed by atoms with Crippen LogP contribution in [-0.4, -0.2) is 36.0 Å². The molecule has 1 saturated heterocycles. The van der Waals surface area contributed by atoms with Crippen molar-refractivity contribution < 1.29 is 4.92 Å². The van der Waals surface area contributed by atoms with Gasteiger partial charge in [0.05, 0.1) is 4.92 Å². The first-order valence-electron chi connectivity index (χ1n) is 6.90. The molecule has 5 nitrogen and oxygen atoms in total. The summed E-state index contributed by atoms with van der Waals surface area (Å²) in [5.41, 5.74) is 1.01. The molecule has 19 heavy (non-hydrogen) atoms. The molecule has 0 spiro atoms. The second-order valence-corrected chi connectivity index (χ2v) is 5.87. The number of rotatable bonds is 7. The van der Waals surface area contributed by atoms with Crippen LogP contribution >= 0.6 is 11.3 Å². The van der Waals surface area contributed by atoms with Crippen molar-refractivity contribution in [2.24, 2.45) is 0 Å². The highest BCUT2D eigenvalue weighted by Gasteiger charge is 2.10. The number of nitrogens with one attached hydrogen (secondary N) is 1. The molecule has 1 fully saturated rings. The molecule has 0 aromatic carbocycles. The largest absolute Gasteiger partial charge is 0.324 e. The molecule has 1 aliphatic rings. The van der Waals surface area contributed by atoms with E-state index < -0.39 is 0 Å². The Kier molecular flexibility index (Phi) is 5.75. The highest BCUT2D eigenvalue weighted by Crippen LogP contribution is 2.22. The highest BCUT2D eigenvalue weighted by molar-refractivity contribution is 7.13. The number of nitro groups is 1. The maximum atomic E-state index is 10.6. The van der Waals surface area contributed by atoms with Crippen molar-refractivity contribution in [1.29, 1.82) is 0 Å². The van der Waals surface area contributed by atoms with Gasteiger partial charge in [-0.3, -0.25) is 10.1 Å². The number of hydrogen-bond donors (Lipinski definition) is 1. The molecular formula is C13H21N3O2S. The van der Waals surface area contributed by atoms with Crippen LogP contribution in [0.2, 0.25) is 0 Å². The van der Waals surface area contributed by atoms with Gasteiger partial charge in [-0.15, -0.1) is 0 Å². The van der Waals surface area contributed by atoms with Gasteiger partial charge >= 0.3 is 5.00 Å². The maximum absolute atomic E-state index is 10.6. The fraction of sp³-hybridized carbons (Fsp3) is 0.692. The van der Waals surface area contributed by atoms with Crippen LogP contribution in [0.1, 0.15) is 31.2 Å². The number of piperidine rings is 1. The van der Waals surface area contributed by atoms with E-state index in [1.807, 2.05) is 5.38 Å². The summed E-state index contributed by atoms with van der Waals surface area (Å²) in [5.74, 6) is 0. The molecule has 0 unspecified atom stereocenters. The molecule has 0 saturated carbocycles. The van der Waals surface area contributed by atoms with Gasteiger partial charge in [0, 0.05) is 18.0 Å². The van der Waals surface area contributed by atoms with Gasteiger partial charge in [0.15, 0.2) is 0 Å². The minimum atomic E-state index is -0.329. The van der Waals surface area contributed by atoms with Gasteiger partial charge in [0.2, 0.25) is 0 Å². The van der Waals surface area contributed by atoms with Crippen LogP contribution in [0.15, 0.2) is 11.4 Å². The lowest BCUT2D eigenvalue weighted by Crippen LogP contribution is -2.32. The standard InChI is InChI=1S/C13H21N3O2S/c17-16(18)13-9-12(11-19-13)10-14-5-4-8-15-6-2-1-3-7-15/h9,11,14H,1-8,10H2. The van der Waals surface area contributed by atoms with Crippen molar-refractivity contribution in [3.8, 4) is 0 Å². The van der Waals surface area contributed by atoms with Crippen LogP contribution in [0.4, 0.5) is 5.00 Å². The van der Waals surface area contributed by atoms with Crippen LogP contribution in [0.3, 0.4) is 0 Å². The van der Waals surface area contributed by atoms with E-state index in [1.165, 1.54) is 43.7 Å². The molecule has 0 aliphatic carbocycles. The third-order valence-electron chi connectivity index (χ3n) is 3.43. The molecule has 2 heterocycles. The second kappa shape index (κ2) is 7.57. The Morgan fingerprint density at radius 1 is 1.37 bits per heavy atom. The molecule has 1 aromatic rings. The van der Waals surface area contributed by atoms with E-state index >= 15 is 0 Å². The maximum Gasteiger partial charge on any atom is 0.324 e. The quantitative estimate of drug-likeness (QED) is 0.475. The smallest absolute Gasteiger partial charge is 0.313 e. The van der Waals surface area contributed by atoms with Gasteiger partial charge in [-0.25, -0.2) is 0 Å². The van der Waals surface area contributed by atoms with Crippen molar-refractivity contribution in [3.05, 3.63) is 27.1 Å². The normalized spacial score (nSPS) is 16.6. The molecule has 0 atom stereocenters. The Morgan fingerprint density at radius 3 is 2.84 bits per heavy atom. The van der Waals surface area contributed by atoms with E-state index in [0.29, 0.717) is 0 Å². The van der Waals surface area contributed by atoms with Gasteiger partial charge in [0.25, 0.3) is 0 Å². The molecule has 0 radical (unpaired) electrons. The van der Waals surface area contributed by atoms with Crippen LogP contribution in [0, 0.1) is 10.1 Å². The lowest BCUT2D eigenvalue weighted by atomic mass is 10.1. The first-order chi connectivity index (χ1) is 9.25. The number of thiophene rings is 1. The fourth-order valence-electron chi connectivity index (χ4n) is 2.39.